The number of thiophene rings is 1. The molecule has 23 heavy (non-hydrogen) atoms. The molecule has 0 bridgehead atoms. The molecule has 0 aliphatic carbocycles. The van der Waals surface area contributed by atoms with E-state index < -0.39 is 0 Å². The molecule has 0 unspecified atom stereocenters. The smallest absolute Gasteiger partial charge is 0.266 e. The minimum absolute atomic E-state index is 0.0309. The Balaban J connectivity index is 1.79. The zero-order chi connectivity index (χ0) is 16.1. The van der Waals surface area contributed by atoms with Crippen LogP contribution in [0.1, 0.15) is 27.5 Å². The Kier molecular flexibility index (Phi) is 3.08. The van der Waals surface area contributed by atoms with Crippen LogP contribution in [0.4, 0.5) is 5.69 Å². The maximum Gasteiger partial charge on any atom is 0.266 e. The molecule has 0 fully saturated rings. The van der Waals surface area contributed by atoms with E-state index in [1.54, 1.807) is 28.7 Å². The lowest BCUT2D eigenvalue weighted by atomic mass is 10.2. The first-order chi connectivity index (χ1) is 11.0. The zero-order valence-corrected chi connectivity index (χ0v) is 13.6. The quantitative estimate of drug-likeness (QED) is 0.776. The molecular formula is C15H15N5O2S. The Labute approximate surface area is 135 Å². The number of carbonyl (C=O) groups excluding carboxylic acids is 1. The number of aromatic nitrogens is 4. The minimum atomic E-state index is -0.233. The molecule has 4 heterocycles. The third-order valence-corrected chi connectivity index (χ3v) is 5.26. The van der Waals surface area contributed by atoms with Crippen LogP contribution in [-0.4, -0.2) is 25.2 Å². The van der Waals surface area contributed by atoms with E-state index in [2.05, 4.69) is 15.4 Å². The van der Waals surface area contributed by atoms with Crippen LogP contribution >= 0.6 is 11.3 Å². The summed E-state index contributed by atoms with van der Waals surface area (Å²) in [4.78, 5) is 30.9. The van der Waals surface area contributed by atoms with E-state index in [0.717, 1.165) is 18.7 Å². The number of aryl methyl sites for hydroxylation is 3. The molecule has 0 radical (unpaired) electrons. The second-order valence-corrected chi connectivity index (χ2v) is 6.68. The van der Waals surface area contributed by atoms with Gasteiger partial charge in [0.1, 0.15) is 10.7 Å². The third kappa shape index (κ3) is 2.17. The fraction of sp³-hybridized carbons (Fsp3) is 0.333. The molecular weight excluding hydrogens is 314 g/mol. The van der Waals surface area contributed by atoms with Crippen molar-refractivity contribution in [3.05, 3.63) is 39.0 Å². The SMILES string of the molecule is Cc1c(C(=O)Nc2cnn(C)c2)sc2nc3n(c(=O)c12)CCC3. The van der Waals surface area contributed by atoms with E-state index in [9.17, 15) is 9.59 Å². The Morgan fingerprint density at radius 2 is 2.26 bits per heavy atom. The monoisotopic (exact) mass is 329 g/mol. The van der Waals surface area contributed by atoms with E-state index in [0.29, 0.717) is 32.9 Å². The number of anilines is 1. The van der Waals surface area contributed by atoms with Crippen molar-refractivity contribution in [2.75, 3.05) is 5.32 Å². The minimum Gasteiger partial charge on any atom is -0.319 e. The van der Waals surface area contributed by atoms with Crippen LogP contribution in [0, 0.1) is 6.92 Å². The summed E-state index contributed by atoms with van der Waals surface area (Å²) >= 11 is 1.27. The lowest BCUT2D eigenvalue weighted by Gasteiger charge is -2.02. The van der Waals surface area contributed by atoms with Gasteiger partial charge >= 0.3 is 0 Å². The van der Waals surface area contributed by atoms with Gasteiger partial charge in [-0.15, -0.1) is 11.3 Å². The number of amides is 1. The number of nitrogens with one attached hydrogen (secondary N) is 1. The van der Waals surface area contributed by atoms with E-state index >= 15 is 0 Å². The van der Waals surface area contributed by atoms with Crippen molar-refractivity contribution in [1.82, 2.24) is 19.3 Å². The average Bonchev–Trinajstić information content (AvgIpc) is 3.19. The van der Waals surface area contributed by atoms with E-state index in [-0.39, 0.29) is 11.5 Å². The van der Waals surface area contributed by atoms with Gasteiger partial charge in [0.2, 0.25) is 0 Å². The fourth-order valence-corrected chi connectivity index (χ4v) is 4.05. The number of hydrogen-bond acceptors (Lipinski definition) is 5. The highest BCUT2D eigenvalue weighted by atomic mass is 32.1. The molecule has 1 N–H and O–H groups in total. The van der Waals surface area contributed by atoms with Gasteiger partial charge < -0.3 is 5.32 Å². The van der Waals surface area contributed by atoms with Gasteiger partial charge in [0.05, 0.1) is 22.1 Å². The first-order valence-corrected chi connectivity index (χ1v) is 8.19. The summed E-state index contributed by atoms with van der Waals surface area (Å²) in [6, 6.07) is 0. The van der Waals surface area contributed by atoms with Crippen LogP contribution in [0.15, 0.2) is 17.2 Å². The lowest BCUT2D eigenvalue weighted by molar-refractivity contribution is 0.103. The fourth-order valence-electron chi connectivity index (χ4n) is 2.97. The molecule has 0 saturated heterocycles. The summed E-state index contributed by atoms with van der Waals surface area (Å²) in [6.45, 7) is 2.52. The largest absolute Gasteiger partial charge is 0.319 e. The van der Waals surface area contributed by atoms with Gasteiger partial charge in [0.25, 0.3) is 11.5 Å². The van der Waals surface area contributed by atoms with E-state index in [1.165, 1.54) is 11.3 Å². The molecule has 1 amide bonds. The van der Waals surface area contributed by atoms with Crippen LogP contribution in [0.3, 0.4) is 0 Å². The van der Waals surface area contributed by atoms with Gasteiger partial charge in [-0.3, -0.25) is 18.8 Å². The van der Waals surface area contributed by atoms with Gasteiger partial charge in [-0.2, -0.15) is 5.10 Å². The molecule has 3 aromatic rings. The summed E-state index contributed by atoms with van der Waals surface area (Å²) in [5.74, 6) is 0.589. The van der Waals surface area contributed by atoms with Gasteiger partial charge in [0.15, 0.2) is 0 Å². The Bertz CT molecular complexity index is 997. The average molecular weight is 329 g/mol. The molecule has 118 valence electrons. The number of rotatable bonds is 2. The van der Waals surface area contributed by atoms with E-state index in [1.807, 2.05) is 6.92 Å². The van der Waals surface area contributed by atoms with E-state index in [4.69, 9.17) is 0 Å². The number of nitrogens with zero attached hydrogens (tertiary/aromatic N) is 4. The molecule has 1 aliphatic heterocycles. The molecule has 0 saturated carbocycles. The number of hydrogen-bond donors (Lipinski definition) is 1. The molecule has 3 aromatic heterocycles. The van der Waals surface area contributed by atoms with Gasteiger partial charge in [-0.1, -0.05) is 0 Å². The molecule has 0 spiro atoms. The van der Waals surface area contributed by atoms with Crippen LogP contribution in [0.25, 0.3) is 10.2 Å². The highest BCUT2D eigenvalue weighted by molar-refractivity contribution is 7.20. The van der Waals surface area contributed by atoms with Crippen molar-refractivity contribution in [2.24, 2.45) is 7.05 Å². The Hall–Kier alpha value is -2.48. The van der Waals surface area contributed by atoms with Crippen LogP contribution in [0.5, 0.6) is 0 Å². The first-order valence-electron chi connectivity index (χ1n) is 7.37. The van der Waals surface area contributed by atoms with Crippen molar-refractivity contribution < 1.29 is 4.79 Å². The first kappa shape index (κ1) is 14.1. The second-order valence-electron chi connectivity index (χ2n) is 5.68. The number of fused-ring (bicyclic) bond motifs is 2. The Morgan fingerprint density at radius 1 is 1.43 bits per heavy atom. The molecule has 0 atom stereocenters. The predicted molar refractivity (Wildman–Crippen MR) is 88.1 cm³/mol. The summed E-state index contributed by atoms with van der Waals surface area (Å²) < 4.78 is 3.34. The van der Waals surface area contributed by atoms with Gasteiger partial charge in [-0.05, 0) is 18.9 Å². The summed E-state index contributed by atoms with van der Waals surface area (Å²) in [7, 11) is 1.78. The molecule has 8 heteroatoms. The molecule has 4 rings (SSSR count). The van der Waals surface area contributed by atoms with Crippen molar-refractivity contribution in [3.8, 4) is 0 Å². The predicted octanol–water partition coefficient (Wildman–Crippen LogP) is 1.70. The molecule has 7 nitrogen and oxygen atoms in total. The van der Waals surface area contributed by atoms with Crippen molar-refractivity contribution in [3.63, 3.8) is 0 Å². The maximum absolute atomic E-state index is 12.6. The normalized spacial score (nSPS) is 13.5. The molecule has 0 aromatic carbocycles. The molecule has 1 aliphatic rings. The maximum atomic E-state index is 12.6. The lowest BCUT2D eigenvalue weighted by Crippen LogP contribution is -2.20. The summed E-state index contributed by atoms with van der Waals surface area (Å²) in [5, 5.41) is 7.40. The van der Waals surface area contributed by atoms with Crippen LogP contribution in [0.2, 0.25) is 0 Å². The van der Waals surface area contributed by atoms with Gasteiger partial charge in [-0.25, -0.2) is 4.98 Å². The summed E-state index contributed by atoms with van der Waals surface area (Å²) in [6.07, 6.45) is 5.08. The Morgan fingerprint density at radius 3 is 3.00 bits per heavy atom. The van der Waals surface area contributed by atoms with Crippen LogP contribution in [-0.2, 0) is 20.0 Å². The topological polar surface area (TPSA) is 81.8 Å². The number of carbonyl (C=O) groups is 1. The van der Waals surface area contributed by atoms with Gasteiger partial charge in [0, 0.05) is 26.2 Å². The highest BCUT2D eigenvalue weighted by Gasteiger charge is 2.23. The van der Waals surface area contributed by atoms with Crippen molar-refractivity contribution >= 4 is 33.1 Å². The van der Waals surface area contributed by atoms with Crippen LogP contribution < -0.4 is 10.9 Å². The standard InChI is InChI=1S/C15H15N5O2S/c1-8-11-14(18-10-4-3-5-20(10)15(11)22)23-12(8)13(21)17-9-6-16-19(2)7-9/h6-7H,3-5H2,1-2H3,(H,17,21). The second kappa shape index (κ2) is 5.02. The van der Waals surface area contributed by atoms with Crippen molar-refractivity contribution in [2.45, 2.75) is 26.3 Å². The summed E-state index contributed by atoms with van der Waals surface area (Å²) in [5.41, 5.74) is 1.30. The third-order valence-electron chi connectivity index (χ3n) is 4.08. The van der Waals surface area contributed by atoms with Crippen molar-refractivity contribution in [1.29, 1.82) is 0 Å². The highest BCUT2D eigenvalue weighted by Crippen LogP contribution is 2.29. The zero-order valence-electron chi connectivity index (χ0n) is 12.8.